The molecule has 3 nitrogen and oxygen atoms in total. The number of hydrogen-bond donors (Lipinski definition) is 0. The Kier molecular flexibility index (Phi) is 5.66. The summed E-state index contributed by atoms with van der Waals surface area (Å²) in [7, 11) is 0. The first-order valence-corrected chi connectivity index (χ1v) is 15.1. The molecule has 5 rings (SSSR count). The second kappa shape index (κ2) is 7.62. The maximum atomic E-state index is 14.7. The zero-order valence-corrected chi connectivity index (χ0v) is 25.1. The standard InChI is InChI=1S/C33H54O3/c1-21(34)36-26-12-13-30(7)22(28(26,4)5)11-14-31(8)23(30)19-25(35)33(10)24-20-27(2,3)15-16-29(24,6)17-18-32(31,33)9/h22-24,26H,11-20H2,1-10H3/t22-,23+,24-,26+,29-,30+,31+,32+,33+/m1/s1. The van der Waals surface area contributed by atoms with Crippen LogP contribution in [0.3, 0.4) is 0 Å². The molecule has 36 heavy (non-hydrogen) atoms. The van der Waals surface area contributed by atoms with Crippen molar-refractivity contribution >= 4 is 11.8 Å². The van der Waals surface area contributed by atoms with Crippen LogP contribution in [-0.2, 0) is 14.3 Å². The number of hydrogen-bond acceptors (Lipinski definition) is 3. The largest absolute Gasteiger partial charge is 0.462 e. The second-order valence-electron chi connectivity index (χ2n) is 16.8. The topological polar surface area (TPSA) is 43.4 Å². The van der Waals surface area contributed by atoms with Crippen LogP contribution < -0.4 is 0 Å². The van der Waals surface area contributed by atoms with Crippen LogP contribution in [0.1, 0.15) is 133 Å². The molecule has 204 valence electrons. The van der Waals surface area contributed by atoms with Crippen molar-refractivity contribution in [3.8, 4) is 0 Å². The molecule has 0 amide bonds. The highest BCUT2D eigenvalue weighted by atomic mass is 16.5. The molecule has 0 unspecified atom stereocenters. The maximum Gasteiger partial charge on any atom is 0.302 e. The number of ether oxygens (including phenoxy) is 1. The Labute approximate surface area is 221 Å². The number of fused-ring (bicyclic) bond motifs is 7. The fraction of sp³-hybridized carbons (Fsp3) is 0.939. The summed E-state index contributed by atoms with van der Waals surface area (Å²) < 4.78 is 5.89. The number of rotatable bonds is 1. The summed E-state index contributed by atoms with van der Waals surface area (Å²) in [4.78, 5) is 26.6. The van der Waals surface area contributed by atoms with E-state index >= 15 is 0 Å². The van der Waals surface area contributed by atoms with Crippen molar-refractivity contribution in [2.45, 2.75) is 140 Å². The summed E-state index contributed by atoms with van der Waals surface area (Å²) >= 11 is 0. The lowest BCUT2D eigenvalue weighted by molar-refractivity contribution is -0.269. The zero-order valence-electron chi connectivity index (χ0n) is 25.1. The van der Waals surface area contributed by atoms with Gasteiger partial charge in [-0.05, 0) is 103 Å². The highest BCUT2D eigenvalue weighted by molar-refractivity contribution is 5.88. The van der Waals surface area contributed by atoms with Gasteiger partial charge in [0.25, 0.3) is 0 Å². The van der Waals surface area contributed by atoms with E-state index in [9.17, 15) is 9.59 Å². The number of Topliss-reactive ketones (excluding diaryl/α,β-unsaturated/α-hetero) is 1. The average Bonchev–Trinajstić information content (AvgIpc) is 2.76. The molecule has 0 bridgehead atoms. The molecule has 0 radical (unpaired) electrons. The van der Waals surface area contributed by atoms with E-state index in [0.717, 1.165) is 19.3 Å². The fourth-order valence-electron chi connectivity index (χ4n) is 11.9. The summed E-state index contributed by atoms with van der Waals surface area (Å²) in [5, 5.41) is 0. The lowest BCUT2D eigenvalue weighted by Gasteiger charge is -2.76. The first-order chi connectivity index (χ1) is 16.4. The molecule has 5 aliphatic rings. The Morgan fingerprint density at radius 2 is 1.42 bits per heavy atom. The van der Waals surface area contributed by atoms with E-state index < -0.39 is 0 Å². The fourth-order valence-corrected chi connectivity index (χ4v) is 11.9. The molecular weight excluding hydrogens is 444 g/mol. The molecule has 0 aromatic heterocycles. The average molecular weight is 499 g/mol. The highest BCUT2D eigenvalue weighted by Crippen LogP contribution is 2.79. The van der Waals surface area contributed by atoms with E-state index in [2.05, 4.69) is 62.3 Å². The van der Waals surface area contributed by atoms with Crippen molar-refractivity contribution < 1.29 is 14.3 Å². The lowest BCUT2D eigenvalue weighted by atomic mass is 9.28. The second-order valence-corrected chi connectivity index (χ2v) is 16.8. The number of carbonyl (C=O) groups excluding carboxylic acids is 2. The van der Waals surface area contributed by atoms with Crippen LogP contribution >= 0.6 is 0 Å². The van der Waals surface area contributed by atoms with E-state index in [1.165, 1.54) is 44.9 Å². The molecule has 5 fully saturated rings. The van der Waals surface area contributed by atoms with Crippen LogP contribution in [0.5, 0.6) is 0 Å². The molecule has 0 saturated heterocycles. The van der Waals surface area contributed by atoms with Gasteiger partial charge in [0.05, 0.1) is 0 Å². The first-order valence-electron chi connectivity index (χ1n) is 15.1. The van der Waals surface area contributed by atoms with Gasteiger partial charge in [-0.2, -0.15) is 0 Å². The van der Waals surface area contributed by atoms with Crippen LogP contribution in [-0.4, -0.2) is 17.9 Å². The van der Waals surface area contributed by atoms with E-state index in [1.54, 1.807) is 6.92 Å². The Hall–Kier alpha value is -0.860. The van der Waals surface area contributed by atoms with Gasteiger partial charge >= 0.3 is 5.97 Å². The molecule has 0 aliphatic heterocycles. The van der Waals surface area contributed by atoms with Crippen LogP contribution in [0.15, 0.2) is 0 Å². The third-order valence-corrected chi connectivity index (χ3v) is 14.5. The molecule has 3 heteroatoms. The monoisotopic (exact) mass is 498 g/mol. The van der Waals surface area contributed by atoms with Gasteiger partial charge in [-0.1, -0.05) is 62.3 Å². The Bertz CT molecular complexity index is 964. The highest BCUT2D eigenvalue weighted by Gasteiger charge is 2.75. The smallest absolute Gasteiger partial charge is 0.302 e. The van der Waals surface area contributed by atoms with Gasteiger partial charge in [0.1, 0.15) is 11.9 Å². The first kappa shape index (κ1) is 26.7. The minimum absolute atomic E-state index is 0.0163. The molecule has 9 atom stereocenters. The minimum Gasteiger partial charge on any atom is -0.462 e. The van der Waals surface area contributed by atoms with Crippen molar-refractivity contribution in [2.75, 3.05) is 0 Å². The summed E-state index contributed by atoms with van der Waals surface area (Å²) in [6.45, 7) is 23.7. The Morgan fingerprint density at radius 1 is 0.778 bits per heavy atom. The number of esters is 1. The molecule has 0 aromatic rings. The van der Waals surface area contributed by atoms with Crippen LogP contribution in [0.4, 0.5) is 0 Å². The maximum absolute atomic E-state index is 14.7. The van der Waals surface area contributed by atoms with Crippen molar-refractivity contribution in [3.05, 3.63) is 0 Å². The number of ketones is 1. The van der Waals surface area contributed by atoms with Crippen LogP contribution in [0.25, 0.3) is 0 Å². The molecule has 5 aliphatic carbocycles. The normalized spacial score (nSPS) is 53.3. The molecular formula is C33H54O3. The predicted molar refractivity (Wildman–Crippen MR) is 145 cm³/mol. The summed E-state index contributed by atoms with van der Waals surface area (Å²) in [5.74, 6) is 1.79. The van der Waals surface area contributed by atoms with Gasteiger partial charge in [-0.25, -0.2) is 0 Å². The van der Waals surface area contributed by atoms with Crippen molar-refractivity contribution in [2.24, 2.45) is 55.7 Å². The third kappa shape index (κ3) is 3.16. The van der Waals surface area contributed by atoms with Gasteiger partial charge < -0.3 is 4.74 Å². The Balaban J connectivity index is 1.57. The third-order valence-electron chi connectivity index (χ3n) is 14.5. The van der Waals surface area contributed by atoms with Gasteiger partial charge in [0.2, 0.25) is 0 Å². The SMILES string of the molecule is CC(=O)O[C@H]1CC[C@@]2(C)[C@H](CC[C@@]3(C)[C@H]2CC(=O)[C@]2(C)[C@@H]4CC(C)(C)CC[C@]4(C)CC[C@@]32C)C1(C)C. The van der Waals surface area contributed by atoms with Crippen LogP contribution in [0, 0.1) is 55.7 Å². The molecule has 0 spiro atoms. The van der Waals surface area contributed by atoms with Gasteiger partial charge in [-0.3, -0.25) is 9.59 Å². The molecule has 5 saturated carbocycles. The van der Waals surface area contributed by atoms with Gasteiger partial charge in [0.15, 0.2) is 0 Å². The minimum atomic E-state index is -0.239. The van der Waals surface area contributed by atoms with E-state index in [-0.39, 0.29) is 39.1 Å². The molecule has 0 heterocycles. The quantitative estimate of drug-likeness (QED) is 0.341. The summed E-state index contributed by atoms with van der Waals surface area (Å²) in [5.41, 5.74) is 0.621. The van der Waals surface area contributed by atoms with E-state index in [0.29, 0.717) is 34.4 Å². The van der Waals surface area contributed by atoms with Crippen molar-refractivity contribution in [1.29, 1.82) is 0 Å². The van der Waals surface area contributed by atoms with Crippen LogP contribution in [0.2, 0.25) is 0 Å². The van der Waals surface area contributed by atoms with E-state index in [1.807, 2.05) is 0 Å². The van der Waals surface area contributed by atoms with Gasteiger partial charge in [-0.15, -0.1) is 0 Å². The molecule has 0 N–H and O–H groups in total. The van der Waals surface area contributed by atoms with Gasteiger partial charge in [0, 0.05) is 24.2 Å². The van der Waals surface area contributed by atoms with Crippen molar-refractivity contribution in [1.82, 2.24) is 0 Å². The van der Waals surface area contributed by atoms with E-state index in [4.69, 9.17) is 4.74 Å². The zero-order chi connectivity index (χ0) is 26.7. The number of carbonyl (C=O) groups is 2. The summed E-state index contributed by atoms with van der Waals surface area (Å²) in [6, 6.07) is 0. The Morgan fingerprint density at radius 3 is 2.06 bits per heavy atom. The summed E-state index contributed by atoms with van der Waals surface area (Å²) in [6.07, 6.45) is 11.3. The predicted octanol–water partition coefficient (Wildman–Crippen LogP) is 8.39. The lowest BCUT2D eigenvalue weighted by Crippen LogP contribution is -2.72. The molecule has 0 aromatic carbocycles. The van der Waals surface area contributed by atoms with Crippen molar-refractivity contribution in [3.63, 3.8) is 0 Å².